The number of carbonyl (C=O) groups is 6. The van der Waals surface area contributed by atoms with E-state index in [1.807, 2.05) is 0 Å². The van der Waals surface area contributed by atoms with Gasteiger partial charge in [-0.2, -0.15) is 39.5 Å². The average Bonchev–Trinajstić information content (AvgIpc) is 3.69. The molecular weight excluding hydrogens is 803 g/mol. The van der Waals surface area contributed by atoms with Crippen molar-refractivity contribution in [3.8, 4) is 0 Å². The monoisotopic (exact) mass is 819 g/mol. The van der Waals surface area contributed by atoms with E-state index in [9.17, 15) is 68.3 Å². The van der Waals surface area contributed by atoms with E-state index in [1.165, 1.54) is 52.5 Å². The Morgan fingerprint density at radius 2 is 0.721 bits per heavy atom. The maximum Gasteiger partial charge on any atom is 0.451 e. The number of thiophene rings is 3. The molecule has 3 aromatic rings. The standard InChI is InChI=1S/3C8H5F3O2S.Eu/c3*9-8(10,11)7(13)5(4-12)6-2-1-3-14-6;/h3*1-5H;. The Morgan fingerprint density at radius 3 is 0.837 bits per heavy atom. The third kappa shape index (κ3) is 12.9. The minimum atomic E-state index is -4.96. The van der Waals surface area contributed by atoms with Crippen molar-refractivity contribution in [2.75, 3.05) is 0 Å². The molecule has 3 heterocycles. The quantitative estimate of drug-likeness (QED) is 0.139. The zero-order valence-corrected chi connectivity index (χ0v) is 25.5. The summed E-state index contributed by atoms with van der Waals surface area (Å²) in [5.41, 5.74) is 0. The minimum absolute atomic E-state index is 0. The normalized spacial score (nSPS) is 13.3. The summed E-state index contributed by atoms with van der Waals surface area (Å²) in [6.45, 7) is 0. The van der Waals surface area contributed by atoms with Crippen molar-refractivity contribution in [3.63, 3.8) is 0 Å². The fourth-order valence-electron chi connectivity index (χ4n) is 2.71. The number of ketones is 3. The molecule has 0 amide bonds. The largest absolute Gasteiger partial charge is 0.451 e. The SMILES string of the molecule is O=CC(C(=O)C(F)(F)F)c1cccs1.O=CC(C(=O)C(F)(F)F)c1cccs1.O=CC(C(=O)C(F)(F)F)c1cccs1.[Eu]. The summed E-state index contributed by atoms with van der Waals surface area (Å²) in [5, 5.41) is 4.53. The second kappa shape index (κ2) is 18.1. The summed E-state index contributed by atoms with van der Waals surface area (Å²) in [4.78, 5) is 63.7. The van der Waals surface area contributed by atoms with Gasteiger partial charge in [0.05, 0.1) is 0 Å². The zero-order valence-electron chi connectivity index (χ0n) is 20.6. The maximum absolute atomic E-state index is 12.0. The Hall–Kier alpha value is -1.93. The first-order valence-corrected chi connectivity index (χ1v) is 13.3. The first kappa shape index (κ1) is 41.1. The molecule has 3 unspecified atom stereocenters. The van der Waals surface area contributed by atoms with Gasteiger partial charge < -0.3 is 14.4 Å². The van der Waals surface area contributed by atoms with Crippen molar-refractivity contribution >= 4 is 70.2 Å². The second-order valence-corrected chi connectivity index (χ2v) is 10.4. The van der Waals surface area contributed by atoms with E-state index in [1.54, 1.807) is 0 Å². The molecule has 6 nitrogen and oxygen atoms in total. The van der Waals surface area contributed by atoms with Gasteiger partial charge in [0.2, 0.25) is 0 Å². The average molecular weight is 819 g/mol. The van der Waals surface area contributed by atoms with Crippen LogP contribution in [0.2, 0.25) is 0 Å². The van der Waals surface area contributed by atoms with Gasteiger partial charge in [-0.05, 0) is 34.3 Å². The van der Waals surface area contributed by atoms with Crippen molar-refractivity contribution in [1.82, 2.24) is 0 Å². The second-order valence-electron chi connectivity index (χ2n) is 7.47. The minimum Gasteiger partial charge on any atom is -0.302 e. The molecular formula is C24H15EuF9O6S3. The van der Waals surface area contributed by atoms with Crippen molar-refractivity contribution in [2.24, 2.45) is 0 Å². The molecule has 235 valence electrons. The molecule has 19 heteroatoms. The van der Waals surface area contributed by atoms with Crippen LogP contribution in [0, 0.1) is 49.4 Å². The number of carbonyl (C=O) groups excluding carboxylic acids is 6. The van der Waals surface area contributed by atoms with E-state index in [2.05, 4.69) is 0 Å². The van der Waals surface area contributed by atoms with Crippen LogP contribution in [0.5, 0.6) is 0 Å². The van der Waals surface area contributed by atoms with E-state index in [-0.39, 0.29) is 82.9 Å². The van der Waals surface area contributed by atoms with Crippen molar-refractivity contribution in [1.29, 1.82) is 0 Å². The van der Waals surface area contributed by atoms with E-state index in [4.69, 9.17) is 0 Å². The Balaban J connectivity index is 0.000000608. The number of rotatable bonds is 9. The number of hydrogen-bond donors (Lipinski definition) is 0. The molecule has 0 aliphatic heterocycles. The predicted octanol–water partition coefficient (Wildman–Crippen LogP) is 6.49. The zero-order chi connectivity index (χ0) is 32.3. The number of hydrogen-bond acceptors (Lipinski definition) is 9. The Morgan fingerprint density at radius 1 is 0.512 bits per heavy atom. The molecule has 0 N–H and O–H groups in total. The molecule has 43 heavy (non-hydrogen) atoms. The molecule has 3 atom stereocenters. The van der Waals surface area contributed by atoms with Gasteiger partial charge >= 0.3 is 18.5 Å². The van der Waals surface area contributed by atoms with Gasteiger partial charge in [-0.15, -0.1) is 34.0 Å². The van der Waals surface area contributed by atoms with Crippen LogP contribution >= 0.6 is 34.0 Å². The van der Waals surface area contributed by atoms with Gasteiger partial charge in [0.1, 0.15) is 36.6 Å². The molecule has 1 radical (unpaired) electrons. The summed E-state index contributed by atoms with van der Waals surface area (Å²) in [6, 6.07) is 8.44. The molecule has 0 fully saturated rings. The smallest absolute Gasteiger partial charge is 0.302 e. The molecule has 0 bridgehead atoms. The van der Waals surface area contributed by atoms with Crippen LogP contribution < -0.4 is 0 Å². The summed E-state index contributed by atoms with van der Waals surface area (Å²) >= 11 is 2.84. The molecule has 3 aromatic heterocycles. The van der Waals surface area contributed by atoms with Crippen LogP contribution in [0.25, 0.3) is 0 Å². The fourth-order valence-corrected chi connectivity index (χ4v) is 5.05. The summed E-state index contributed by atoms with van der Waals surface area (Å²) in [5.74, 6) is -11.2. The van der Waals surface area contributed by atoms with Crippen LogP contribution in [0.1, 0.15) is 32.4 Å². The number of halogens is 9. The number of alkyl halides is 9. The third-order valence-electron chi connectivity index (χ3n) is 4.64. The maximum atomic E-state index is 12.0. The molecule has 0 saturated carbocycles. The van der Waals surface area contributed by atoms with E-state index < -0.39 is 53.6 Å². The first-order valence-electron chi connectivity index (χ1n) is 10.7. The predicted molar refractivity (Wildman–Crippen MR) is 133 cm³/mol. The molecule has 3 rings (SSSR count). The molecule has 0 aromatic carbocycles. The van der Waals surface area contributed by atoms with Crippen LogP contribution in [0.4, 0.5) is 39.5 Å². The summed E-state index contributed by atoms with van der Waals surface area (Å²) in [6.07, 6.45) is -14.8. The van der Waals surface area contributed by atoms with Crippen molar-refractivity contribution < 1.29 is 118 Å². The first-order chi connectivity index (χ1) is 19.4. The van der Waals surface area contributed by atoms with Gasteiger partial charge in [-0.3, -0.25) is 14.4 Å². The topological polar surface area (TPSA) is 102 Å². The molecule has 0 saturated heterocycles. The molecule has 0 spiro atoms. The van der Waals surface area contributed by atoms with Crippen LogP contribution in [0.3, 0.4) is 0 Å². The van der Waals surface area contributed by atoms with Crippen molar-refractivity contribution in [2.45, 2.75) is 36.3 Å². The van der Waals surface area contributed by atoms with Gasteiger partial charge in [-0.25, -0.2) is 0 Å². The Kier molecular flexibility index (Phi) is 17.3. The van der Waals surface area contributed by atoms with Crippen molar-refractivity contribution in [3.05, 3.63) is 67.2 Å². The molecule has 0 aliphatic rings. The van der Waals surface area contributed by atoms with Gasteiger partial charge in [0.25, 0.3) is 17.3 Å². The summed E-state index contributed by atoms with van der Waals surface area (Å²) in [7, 11) is 0. The summed E-state index contributed by atoms with van der Waals surface area (Å²) < 4.78 is 108. The van der Waals surface area contributed by atoms with Gasteiger partial charge in [0.15, 0.2) is 0 Å². The van der Waals surface area contributed by atoms with Crippen LogP contribution in [-0.4, -0.2) is 54.7 Å². The van der Waals surface area contributed by atoms with E-state index in [0.29, 0.717) is 0 Å². The fraction of sp³-hybridized carbons (Fsp3) is 0.250. The number of aldehydes is 3. The van der Waals surface area contributed by atoms with E-state index >= 15 is 0 Å². The van der Waals surface area contributed by atoms with Gasteiger partial charge in [-0.1, -0.05) is 18.2 Å². The number of Topliss-reactive ketones (excluding diaryl/α,β-unsaturated/α-hetero) is 3. The van der Waals surface area contributed by atoms with E-state index in [0.717, 1.165) is 34.0 Å². The van der Waals surface area contributed by atoms with Gasteiger partial charge in [0, 0.05) is 64.0 Å². The Labute approximate surface area is 288 Å². The third-order valence-corrected chi connectivity index (χ3v) is 7.51. The molecule has 0 aliphatic carbocycles. The Bertz CT molecular complexity index is 1160. The van der Waals surface area contributed by atoms with Crippen LogP contribution in [0.15, 0.2) is 52.5 Å². The van der Waals surface area contributed by atoms with Crippen LogP contribution in [-0.2, 0) is 28.8 Å².